The highest BCUT2D eigenvalue weighted by atomic mass is 16.5. The number of hydrogen-bond donors (Lipinski definition) is 1. The predicted molar refractivity (Wildman–Crippen MR) is 118 cm³/mol. The molecular formula is C24H30N2O6. The third-order valence-electron chi connectivity index (χ3n) is 6.69. The van der Waals surface area contributed by atoms with Crippen molar-refractivity contribution in [3.63, 3.8) is 0 Å². The third-order valence-corrected chi connectivity index (χ3v) is 6.69. The molecule has 8 heteroatoms. The number of esters is 1. The summed E-state index contributed by atoms with van der Waals surface area (Å²) < 4.78 is 12.7. The molecule has 2 aromatic rings. The second kappa shape index (κ2) is 8.94. The Balaban J connectivity index is 1.58. The van der Waals surface area contributed by atoms with Gasteiger partial charge in [0.25, 0.3) is 5.56 Å². The molecule has 2 aromatic heterocycles. The van der Waals surface area contributed by atoms with E-state index in [9.17, 15) is 19.5 Å². The van der Waals surface area contributed by atoms with Gasteiger partial charge in [-0.3, -0.25) is 19.3 Å². The lowest BCUT2D eigenvalue weighted by atomic mass is 9.83. The van der Waals surface area contributed by atoms with Gasteiger partial charge in [0.2, 0.25) is 11.2 Å². The number of piperidine rings is 1. The van der Waals surface area contributed by atoms with Crippen LogP contribution in [0, 0.1) is 11.8 Å². The van der Waals surface area contributed by atoms with Crippen LogP contribution in [0.1, 0.15) is 55.7 Å². The second-order valence-corrected chi connectivity index (χ2v) is 9.31. The highest BCUT2D eigenvalue weighted by molar-refractivity contribution is 5.70. The number of aromatic nitrogens is 1. The molecule has 1 saturated heterocycles. The Morgan fingerprint density at radius 2 is 2.03 bits per heavy atom. The maximum Gasteiger partial charge on any atom is 0.306 e. The van der Waals surface area contributed by atoms with E-state index >= 15 is 0 Å². The first kappa shape index (κ1) is 22.3. The summed E-state index contributed by atoms with van der Waals surface area (Å²) >= 11 is 0. The summed E-state index contributed by atoms with van der Waals surface area (Å²) in [7, 11) is 1.31. The van der Waals surface area contributed by atoms with Crippen molar-refractivity contribution in [3.8, 4) is 5.75 Å². The Morgan fingerprint density at radius 3 is 2.75 bits per heavy atom. The first-order valence-corrected chi connectivity index (χ1v) is 11.1. The minimum atomic E-state index is -0.508. The SMILES string of the molecule is COC(=O)C[C@H](c1oc(CN2C[C@@H]3C[C@H](C2)c2cccc(=O)n2C3)cc(=O)c1O)C(C)C. The highest BCUT2D eigenvalue weighted by Crippen LogP contribution is 2.37. The van der Waals surface area contributed by atoms with Crippen LogP contribution in [-0.4, -0.2) is 40.7 Å². The standard InChI is InChI=1S/C24H30N2O6/c1-14(2)18(9-22(29)31-3)24-23(30)20(27)8-17(32-24)13-25-10-15-7-16(12-25)19-5-4-6-21(28)26(19)11-15/h4-6,8,14-16,18,30H,7,9-13H2,1-3H3/t15-,16+,18-/m0/s1. The van der Waals surface area contributed by atoms with Gasteiger partial charge in [0.15, 0.2) is 5.76 Å². The molecule has 1 fully saturated rings. The van der Waals surface area contributed by atoms with Crippen molar-refractivity contribution in [1.82, 2.24) is 9.47 Å². The molecule has 2 aliphatic rings. The smallest absolute Gasteiger partial charge is 0.306 e. The second-order valence-electron chi connectivity index (χ2n) is 9.31. The molecular weight excluding hydrogens is 412 g/mol. The number of rotatable bonds is 6. The molecule has 0 amide bonds. The average molecular weight is 443 g/mol. The summed E-state index contributed by atoms with van der Waals surface area (Å²) in [6.07, 6.45) is 1.06. The molecule has 2 bridgehead atoms. The molecule has 4 heterocycles. The molecule has 0 aromatic carbocycles. The summed E-state index contributed by atoms with van der Waals surface area (Å²) in [6, 6.07) is 6.77. The lowest BCUT2D eigenvalue weighted by Gasteiger charge is -2.42. The summed E-state index contributed by atoms with van der Waals surface area (Å²) in [6.45, 7) is 6.50. The third kappa shape index (κ3) is 4.37. The maximum absolute atomic E-state index is 12.5. The van der Waals surface area contributed by atoms with E-state index in [-0.39, 0.29) is 29.6 Å². The van der Waals surface area contributed by atoms with Crippen LogP contribution in [0.5, 0.6) is 5.75 Å². The Morgan fingerprint density at radius 1 is 1.25 bits per heavy atom. The van der Waals surface area contributed by atoms with E-state index in [1.807, 2.05) is 30.5 Å². The van der Waals surface area contributed by atoms with E-state index in [0.29, 0.717) is 24.8 Å². The zero-order chi connectivity index (χ0) is 23.0. The lowest BCUT2D eigenvalue weighted by Crippen LogP contribution is -2.46. The Hall–Kier alpha value is -2.87. The van der Waals surface area contributed by atoms with Gasteiger partial charge in [-0.1, -0.05) is 19.9 Å². The van der Waals surface area contributed by atoms with Crippen LogP contribution in [0.3, 0.4) is 0 Å². The molecule has 3 atom stereocenters. The predicted octanol–water partition coefficient (Wildman–Crippen LogP) is 2.43. The fourth-order valence-electron chi connectivity index (χ4n) is 5.12. The van der Waals surface area contributed by atoms with E-state index < -0.39 is 23.1 Å². The van der Waals surface area contributed by atoms with E-state index in [0.717, 1.165) is 25.2 Å². The van der Waals surface area contributed by atoms with Gasteiger partial charge >= 0.3 is 5.97 Å². The monoisotopic (exact) mass is 442 g/mol. The number of nitrogens with zero attached hydrogens (tertiary/aromatic N) is 2. The fourth-order valence-corrected chi connectivity index (χ4v) is 5.12. The largest absolute Gasteiger partial charge is 0.502 e. The van der Waals surface area contributed by atoms with Crippen LogP contribution < -0.4 is 11.0 Å². The molecule has 0 aliphatic carbocycles. The Kier molecular flexibility index (Phi) is 6.24. The summed E-state index contributed by atoms with van der Waals surface area (Å²) in [5.41, 5.74) is 0.597. The minimum absolute atomic E-state index is 0.0213. The number of fused-ring (bicyclic) bond motifs is 4. The molecule has 32 heavy (non-hydrogen) atoms. The van der Waals surface area contributed by atoms with E-state index in [1.165, 1.54) is 13.2 Å². The van der Waals surface area contributed by atoms with Crippen LogP contribution in [0.2, 0.25) is 0 Å². The minimum Gasteiger partial charge on any atom is -0.502 e. The van der Waals surface area contributed by atoms with Crippen molar-refractivity contribution in [3.05, 3.63) is 62.1 Å². The van der Waals surface area contributed by atoms with Crippen LogP contribution in [0.4, 0.5) is 0 Å². The molecule has 0 radical (unpaired) electrons. The number of aromatic hydroxyl groups is 1. The van der Waals surface area contributed by atoms with Crippen molar-refractivity contribution >= 4 is 5.97 Å². The number of ether oxygens (including phenoxy) is 1. The molecule has 2 aliphatic heterocycles. The molecule has 8 nitrogen and oxygen atoms in total. The van der Waals surface area contributed by atoms with Crippen molar-refractivity contribution in [2.24, 2.45) is 11.8 Å². The van der Waals surface area contributed by atoms with Crippen LogP contribution in [0.15, 0.2) is 38.3 Å². The van der Waals surface area contributed by atoms with Crippen molar-refractivity contribution < 1.29 is 19.1 Å². The fraction of sp³-hybridized carbons (Fsp3) is 0.542. The lowest BCUT2D eigenvalue weighted by molar-refractivity contribution is -0.141. The van der Waals surface area contributed by atoms with Crippen LogP contribution >= 0.6 is 0 Å². The van der Waals surface area contributed by atoms with Crippen molar-refractivity contribution in [2.75, 3.05) is 20.2 Å². The molecule has 4 rings (SSSR count). The maximum atomic E-state index is 12.5. The number of methoxy groups -OCH3 is 1. The number of carbonyl (C=O) groups excluding carboxylic acids is 1. The van der Waals surface area contributed by atoms with Gasteiger partial charge in [-0.05, 0) is 24.3 Å². The normalized spacial score (nSPS) is 21.2. The van der Waals surface area contributed by atoms with Crippen LogP contribution in [0.25, 0.3) is 0 Å². The molecule has 0 saturated carbocycles. The quantitative estimate of drug-likeness (QED) is 0.686. The van der Waals surface area contributed by atoms with Gasteiger partial charge in [0.1, 0.15) is 5.76 Å². The molecule has 172 valence electrons. The van der Waals surface area contributed by atoms with Crippen molar-refractivity contribution in [2.45, 2.75) is 51.6 Å². The van der Waals surface area contributed by atoms with E-state index in [1.54, 1.807) is 6.07 Å². The summed E-state index contributed by atoms with van der Waals surface area (Å²) in [4.78, 5) is 38.9. The first-order valence-electron chi connectivity index (χ1n) is 11.1. The molecule has 0 spiro atoms. The van der Waals surface area contributed by atoms with E-state index in [4.69, 9.17) is 9.15 Å². The van der Waals surface area contributed by atoms with Gasteiger partial charge in [0.05, 0.1) is 20.1 Å². The topological polar surface area (TPSA) is 102 Å². The first-order chi connectivity index (χ1) is 15.3. The zero-order valence-corrected chi connectivity index (χ0v) is 18.7. The number of likely N-dealkylation sites (tertiary alicyclic amines) is 1. The highest BCUT2D eigenvalue weighted by Gasteiger charge is 2.35. The zero-order valence-electron chi connectivity index (χ0n) is 18.7. The Labute approximate surface area is 186 Å². The number of pyridine rings is 1. The summed E-state index contributed by atoms with van der Waals surface area (Å²) in [5, 5.41) is 10.4. The molecule has 0 unspecified atom stereocenters. The van der Waals surface area contributed by atoms with E-state index in [2.05, 4.69) is 4.90 Å². The summed E-state index contributed by atoms with van der Waals surface area (Å²) in [5.74, 6) is -0.160. The van der Waals surface area contributed by atoms with Gasteiger partial charge in [-0.15, -0.1) is 0 Å². The number of hydrogen-bond acceptors (Lipinski definition) is 7. The molecule has 1 N–H and O–H groups in total. The van der Waals surface area contributed by atoms with Gasteiger partial charge in [-0.25, -0.2) is 0 Å². The van der Waals surface area contributed by atoms with Gasteiger partial charge < -0.3 is 18.8 Å². The van der Waals surface area contributed by atoms with Gasteiger partial charge in [-0.2, -0.15) is 0 Å². The average Bonchev–Trinajstić information content (AvgIpc) is 2.75. The van der Waals surface area contributed by atoms with Crippen LogP contribution in [-0.2, 0) is 22.6 Å². The number of carbonyl (C=O) groups is 1. The van der Waals surface area contributed by atoms with Crippen molar-refractivity contribution in [1.29, 1.82) is 0 Å². The Bertz CT molecular complexity index is 1120. The van der Waals surface area contributed by atoms with Gasteiger partial charge in [0, 0.05) is 49.3 Å².